The Morgan fingerprint density at radius 3 is 1.85 bits per heavy atom. The fourth-order valence-corrected chi connectivity index (χ4v) is 1.05. The lowest BCUT2D eigenvalue weighted by Crippen LogP contribution is -2.47. The van der Waals surface area contributed by atoms with Crippen LogP contribution in [0.1, 0.15) is 27.2 Å². The largest absolute Gasteiger partial charge is 0.264 e. The van der Waals surface area contributed by atoms with Crippen molar-refractivity contribution >= 4 is 0 Å². The zero-order chi connectivity index (χ0) is 10.7. The van der Waals surface area contributed by atoms with E-state index in [0.717, 1.165) is 0 Å². The Bertz CT molecular complexity index is 281. The molecule has 0 aliphatic heterocycles. The maximum absolute atomic E-state index is 10.6. The highest BCUT2D eigenvalue weighted by Gasteiger charge is 2.54. The van der Waals surface area contributed by atoms with Crippen LogP contribution >= 0.6 is 0 Å². The molecule has 5 nitrogen and oxygen atoms in total. The molecule has 0 atom stereocenters. The van der Waals surface area contributed by atoms with Gasteiger partial charge < -0.3 is 0 Å². The summed E-state index contributed by atoms with van der Waals surface area (Å²) in [7, 11) is 0. The van der Waals surface area contributed by atoms with E-state index in [1.54, 1.807) is 19.1 Å². The highest BCUT2D eigenvalue weighted by molar-refractivity contribution is 5.20. The highest BCUT2D eigenvalue weighted by Crippen LogP contribution is 2.35. The lowest BCUT2D eigenvalue weighted by molar-refractivity contribution is -0.574. The summed E-state index contributed by atoms with van der Waals surface area (Å²) in [4.78, 5) is 10.1. The van der Waals surface area contributed by atoms with Gasteiger partial charge in [-0.2, -0.15) is 10.5 Å². The predicted octanol–water partition coefficient (Wildman–Crippen LogP) is 1.49. The first kappa shape index (κ1) is 11.4. The van der Waals surface area contributed by atoms with Crippen LogP contribution in [0.25, 0.3) is 0 Å². The Kier molecular flexibility index (Phi) is 2.98. The fourth-order valence-electron chi connectivity index (χ4n) is 1.05. The summed E-state index contributed by atoms with van der Waals surface area (Å²) < 4.78 is 0. The minimum Gasteiger partial charge on any atom is -0.264 e. The van der Waals surface area contributed by atoms with Gasteiger partial charge in [0.1, 0.15) is 0 Å². The molecule has 0 amide bonds. The molecule has 0 aromatic carbocycles. The van der Waals surface area contributed by atoms with Crippen LogP contribution < -0.4 is 0 Å². The molecule has 0 fully saturated rings. The summed E-state index contributed by atoms with van der Waals surface area (Å²) in [6, 6.07) is 3.47. The van der Waals surface area contributed by atoms with Crippen molar-refractivity contribution in [1.29, 1.82) is 10.5 Å². The van der Waals surface area contributed by atoms with Crippen LogP contribution in [0.5, 0.6) is 0 Å². The fraction of sp³-hybridized carbons (Fsp3) is 0.750. The van der Waals surface area contributed by atoms with E-state index in [-0.39, 0.29) is 6.42 Å². The molecular weight excluding hydrogens is 170 g/mol. The molecule has 70 valence electrons. The molecule has 0 aliphatic rings. The van der Waals surface area contributed by atoms with E-state index < -0.39 is 15.9 Å². The van der Waals surface area contributed by atoms with Gasteiger partial charge in [-0.3, -0.25) is 10.1 Å². The Morgan fingerprint density at radius 2 is 1.77 bits per heavy atom. The van der Waals surface area contributed by atoms with E-state index in [1.807, 2.05) is 0 Å². The maximum atomic E-state index is 10.6. The monoisotopic (exact) mass is 181 g/mol. The van der Waals surface area contributed by atoms with Crippen molar-refractivity contribution in [2.45, 2.75) is 32.7 Å². The molecule has 0 unspecified atom stereocenters. The third kappa shape index (κ3) is 1.46. The van der Waals surface area contributed by atoms with E-state index in [1.165, 1.54) is 13.8 Å². The van der Waals surface area contributed by atoms with Crippen molar-refractivity contribution in [3.8, 4) is 12.1 Å². The van der Waals surface area contributed by atoms with E-state index in [9.17, 15) is 10.1 Å². The summed E-state index contributed by atoms with van der Waals surface area (Å²) >= 11 is 0. The quantitative estimate of drug-likeness (QED) is 0.487. The summed E-state index contributed by atoms with van der Waals surface area (Å²) in [6.45, 7) is 4.18. The van der Waals surface area contributed by atoms with Crippen molar-refractivity contribution in [1.82, 2.24) is 0 Å². The second-order valence-corrected chi connectivity index (χ2v) is 3.30. The molecule has 0 saturated heterocycles. The van der Waals surface area contributed by atoms with Crippen LogP contribution in [0.3, 0.4) is 0 Å². The Balaban J connectivity index is 5.35. The first-order valence-electron chi connectivity index (χ1n) is 3.85. The molecule has 13 heavy (non-hydrogen) atoms. The molecule has 0 aromatic rings. The van der Waals surface area contributed by atoms with E-state index in [4.69, 9.17) is 10.5 Å². The zero-order valence-corrected chi connectivity index (χ0v) is 7.87. The van der Waals surface area contributed by atoms with E-state index in [0.29, 0.717) is 0 Å². The summed E-state index contributed by atoms with van der Waals surface area (Å²) in [6.07, 6.45) is 0.147. The van der Waals surface area contributed by atoms with Crippen LogP contribution in [0, 0.1) is 38.2 Å². The highest BCUT2D eigenvalue weighted by atomic mass is 16.6. The van der Waals surface area contributed by atoms with Gasteiger partial charge in [0.2, 0.25) is 11.0 Å². The SMILES string of the molecule is CCC(C#N)(C#N)C(C)(C)[N+](=O)[O-]. The molecule has 0 aromatic heterocycles. The normalized spacial score (nSPS) is 11.5. The number of hydrogen-bond donors (Lipinski definition) is 0. The summed E-state index contributed by atoms with van der Waals surface area (Å²) in [5.74, 6) is 0. The molecule has 0 radical (unpaired) electrons. The standard InChI is InChI=1S/C8H11N3O2/c1-4-8(5-9,6-10)7(2,3)11(12)13/h4H2,1-3H3. The number of nitrogens with zero attached hydrogens (tertiary/aromatic N) is 3. The van der Waals surface area contributed by atoms with Crippen LogP contribution in [0.15, 0.2) is 0 Å². The predicted molar refractivity (Wildman–Crippen MR) is 45.0 cm³/mol. The topological polar surface area (TPSA) is 90.7 Å². The van der Waals surface area contributed by atoms with Crippen LogP contribution in [-0.2, 0) is 0 Å². The van der Waals surface area contributed by atoms with Gasteiger partial charge in [0.15, 0.2) is 0 Å². The van der Waals surface area contributed by atoms with Gasteiger partial charge in [-0.05, 0) is 6.42 Å². The minimum absolute atomic E-state index is 0.147. The van der Waals surface area contributed by atoms with E-state index in [2.05, 4.69) is 0 Å². The Labute approximate surface area is 76.7 Å². The van der Waals surface area contributed by atoms with Crippen molar-refractivity contribution < 1.29 is 4.92 Å². The van der Waals surface area contributed by atoms with Gasteiger partial charge in [-0.25, -0.2) is 0 Å². The van der Waals surface area contributed by atoms with Crippen LogP contribution in [0.2, 0.25) is 0 Å². The molecule has 0 spiro atoms. The Morgan fingerprint density at radius 1 is 1.38 bits per heavy atom. The molecule has 0 bridgehead atoms. The first-order valence-corrected chi connectivity index (χ1v) is 3.85. The average molecular weight is 181 g/mol. The van der Waals surface area contributed by atoms with Gasteiger partial charge in [0, 0.05) is 18.8 Å². The number of nitriles is 2. The van der Waals surface area contributed by atoms with Gasteiger partial charge >= 0.3 is 0 Å². The average Bonchev–Trinajstić information content (AvgIpc) is 2.08. The van der Waals surface area contributed by atoms with Gasteiger partial charge in [-0.1, -0.05) is 6.92 Å². The zero-order valence-electron chi connectivity index (χ0n) is 7.87. The number of hydrogen-bond acceptors (Lipinski definition) is 4. The third-order valence-corrected chi connectivity index (χ3v) is 2.41. The number of rotatable bonds is 3. The first-order chi connectivity index (χ1) is 5.88. The van der Waals surface area contributed by atoms with Gasteiger partial charge in [-0.15, -0.1) is 0 Å². The molecule has 0 saturated carbocycles. The molecule has 5 heteroatoms. The minimum atomic E-state index is -1.55. The van der Waals surface area contributed by atoms with Crippen LogP contribution in [0.4, 0.5) is 0 Å². The molecule has 0 rings (SSSR count). The third-order valence-electron chi connectivity index (χ3n) is 2.41. The molecule has 0 N–H and O–H groups in total. The van der Waals surface area contributed by atoms with Gasteiger partial charge in [0.05, 0.1) is 12.1 Å². The smallest absolute Gasteiger partial charge is 0.248 e. The molecule has 0 heterocycles. The lowest BCUT2D eigenvalue weighted by atomic mass is 9.72. The summed E-state index contributed by atoms with van der Waals surface area (Å²) in [5, 5.41) is 28.2. The second-order valence-electron chi connectivity index (χ2n) is 3.30. The lowest BCUT2D eigenvalue weighted by Gasteiger charge is -2.27. The Hall–Kier alpha value is -1.62. The molecule has 0 aliphatic carbocycles. The summed E-state index contributed by atoms with van der Waals surface area (Å²) in [5.41, 5.74) is -3.08. The molecular formula is C8H11N3O2. The van der Waals surface area contributed by atoms with Crippen molar-refractivity contribution in [2.24, 2.45) is 5.41 Å². The maximum Gasteiger partial charge on any atom is 0.248 e. The second kappa shape index (κ2) is 3.40. The van der Waals surface area contributed by atoms with Crippen LogP contribution in [-0.4, -0.2) is 10.5 Å². The number of nitro groups is 1. The van der Waals surface area contributed by atoms with E-state index >= 15 is 0 Å². The van der Waals surface area contributed by atoms with Crippen molar-refractivity contribution in [3.05, 3.63) is 10.1 Å². The van der Waals surface area contributed by atoms with Crippen molar-refractivity contribution in [2.75, 3.05) is 0 Å². The van der Waals surface area contributed by atoms with Gasteiger partial charge in [0.25, 0.3) is 0 Å². The van der Waals surface area contributed by atoms with Crippen molar-refractivity contribution in [3.63, 3.8) is 0 Å².